The molecule has 0 amide bonds. The molecule has 52 valence electrons. The van der Waals surface area contributed by atoms with E-state index in [-0.39, 0.29) is 0 Å². The molecule has 2 rings (SSSR count). The van der Waals surface area contributed by atoms with Crippen LogP contribution in [-0.2, 0) is 0 Å². The molecule has 2 heterocycles. The summed E-state index contributed by atoms with van der Waals surface area (Å²) in [6.45, 7) is 3.24. The smallest absolute Gasteiger partial charge is 0.129 e. The Hall–Kier alpha value is -1.05. The first-order valence-electron chi connectivity index (χ1n) is 3.56. The van der Waals surface area contributed by atoms with E-state index in [2.05, 4.69) is 23.3 Å². The average molecular weight is 134 g/mol. The van der Waals surface area contributed by atoms with Crippen LogP contribution in [0.2, 0.25) is 0 Å². The first-order chi connectivity index (χ1) is 4.88. The van der Waals surface area contributed by atoms with Gasteiger partial charge in [0, 0.05) is 18.7 Å². The Kier molecular flexibility index (Phi) is 1.13. The summed E-state index contributed by atoms with van der Waals surface area (Å²) in [4.78, 5) is 4.20. The second kappa shape index (κ2) is 1.97. The minimum Gasteiger partial charge on any atom is -0.369 e. The molecule has 0 fully saturated rings. The van der Waals surface area contributed by atoms with Crippen molar-refractivity contribution in [3.05, 3.63) is 23.9 Å². The molecule has 1 atom stereocenters. The molecule has 2 nitrogen and oxygen atoms in total. The van der Waals surface area contributed by atoms with Crippen molar-refractivity contribution in [2.75, 3.05) is 11.9 Å². The summed E-state index contributed by atoms with van der Waals surface area (Å²) in [5.41, 5.74) is 1.35. The van der Waals surface area contributed by atoms with Crippen molar-refractivity contribution in [2.45, 2.75) is 12.8 Å². The number of fused-ring (bicyclic) bond motifs is 1. The predicted molar refractivity (Wildman–Crippen MR) is 41.1 cm³/mol. The van der Waals surface area contributed by atoms with Gasteiger partial charge in [0.25, 0.3) is 0 Å². The van der Waals surface area contributed by atoms with Gasteiger partial charge >= 0.3 is 0 Å². The van der Waals surface area contributed by atoms with Gasteiger partial charge in [-0.25, -0.2) is 4.98 Å². The standard InChI is InChI=1S/C8H10N2/c1-6-5-10-8-7(6)3-2-4-9-8/h2-4,6H,5H2,1H3,(H,9,10)/t6-/m0/s1. The molecule has 1 aromatic heterocycles. The minimum absolute atomic E-state index is 0.628. The highest BCUT2D eigenvalue weighted by atomic mass is 15.0. The summed E-state index contributed by atoms with van der Waals surface area (Å²) in [7, 11) is 0. The zero-order valence-electron chi connectivity index (χ0n) is 5.96. The van der Waals surface area contributed by atoms with Gasteiger partial charge in [-0.05, 0) is 11.6 Å². The van der Waals surface area contributed by atoms with Crippen LogP contribution < -0.4 is 5.32 Å². The summed E-state index contributed by atoms with van der Waals surface area (Å²) in [6.07, 6.45) is 1.82. The fourth-order valence-corrected chi connectivity index (χ4v) is 1.32. The summed E-state index contributed by atoms with van der Waals surface area (Å²) in [5, 5.41) is 3.24. The number of aromatic nitrogens is 1. The minimum atomic E-state index is 0.628. The van der Waals surface area contributed by atoms with Crippen molar-refractivity contribution in [2.24, 2.45) is 0 Å². The van der Waals surface area contributed by atoms with Gasteiger partial charge < -0.3 is 5.32 Å². The molecule has 1 aliphatic heterocycles. The number of nitrogens with zero attached hydrogens (tertiary/aromatic N) is 1. The van der Waals surface area contributed by atoms with E-state index in [4.69, 9.17) is 0 Å². The Bertz CT molecular complexity index is 245. The van der Waals surface area contributed by atoms with Crippen molar-refractivity contribution in [1.82, 2.24) is 4.98 Å². The maximum absolute atomic E-state index is 4.20. The molecule has 1 aromatic rings. The van der Waals surface area contributed by atoms with Crippen LogP contribution in [0.1, 0.15) is 18.4 Å². The number of rotatable bonds is 0. The molecule has 0 unspecified atom stereocenters. The number of hydrogen-bond donors (Lipinski definition) is 1. The van der Waals surface area contributed by atoms with Crippen LogP contribution in [0.5, 0.6) is 0 Å². The molecule has 0 aromatic carbocycles. The first-order valence-corrected chi connectivity index (χ1v) is 3.56. The van der Waals surface area contributed by atoms with Gasteiger partial charge in [-0.1, -0.05) is 13.0 Å². The predicted octanol–water partition coefficient (Wildman–Crippen LogP) is 1.61. The number of anilines is 1. The third-order valence-corrected chi connectivity index (χ3v) is 1.95. The van der Waals surface area contributed by atoms with Gasteiger partial charge in [-0.15, -0.1) is 0 Å². The van der Waals surface area contributed by atoms with E-state index < -0.39 is 0 Å². The normalized spacial score (nSPS) is 21.9. The lowest BCUT2D eigenvalue weighted by molar-refractivity contribution is 0.854. The SMILES string of the molecule is C[C@H]1CNc2ncccc21. The zero-order valence-corrected chi connectivity index (χ0v) is 5.96. The molecular weight excluding hydrogens is 124 g/mol. The summed E-state index contributed by atoms with van der Waals surface area (Å²) >= 11 is 0. The lowest BCUT2D eigenvalue weighted by Crippen LogP contribution is -1.96. The number of nitrogens with one attached hydrogen (secondary N) is 1. The van der Waals surface area contributed by atoms with E-state index in [0.29, 0.717) is 5.92 Å². The molecule has 1 N–H and O–H groups in total. The molecule has 10 heavy (non-hydrogen) atoms. The van der Waals surface area contributed by atoms with Crippen molar-refractivity contribution >= 4 is 5.82 Å². The monoisotopic (exact) mass is 134 g/mol. The van der Waals surface area contributed by atoms with Gasteiger partial charge in [0.15, 0.2) is 0 Å². The first kappa shape index (κ1) is 5.71. The Morgan fingerprint density at radius 2 is 2.60 bits per heavy atom. The lowest BCUT2D eigenvalue weighted by atomic mass is 10.1. The second-order valence-corrected chi connectivity index (χ2v) is 2.72. The molecule has 0 spiro atoms. The van der Waals surface area contributed by atoms with Crippen LogP contribution in [0, 0.1) is 0 Å². The van der Waals surface area contributed by atoms with Crippen LogP contribution in [0.25, 0.3) is 0 Å². The van der Waals surface area contributed by atoms with Gasteiger partial charge in [-0.2, -0.15) is 0 Å². The second-order valence-electron chi connectivity index (χ2n) is 2.72. The van der Waals surface area contributed by atoms with E-state index in [1.165, 1.54) is 5.56 Å². The molecular formula is C8H10N2. The fourth-order valence-electron chi connectivity index (χ4n) is 1.32. The topological polar surface area (TPSA) is 24.9 Å². The Balaban J connectivity index is 2.51. The zero-order chi connectivity index (χ0) is 6.97. The van der Waals surface area contributed by atoms with Crippen LogP contribution in [0.4, 0.5) is 5.82 Å². The molecule has 0 saturated heterocycles. The van der Waals surface area contributed by atoms with Gasteiger partial charge in [0.2, 0.25) is 0 Å². The average Bonchev–Trinajstić information content (AvgIpc) is 2.34. The van der Waals surface area contributed by atoms with E-state index in [9.17, 15) is 0 Å². The van der Waals surface area contributed by atoms with E-state index in [1.54, 1.807) is 0 Å². The highest BCUT2D eigenvalue weighted by Gasteiger charge is 2.17. The van der Waals surface area contributed by atoms with Crippen molar-refractivity contribution in [3.8, 4) is 0 Å². The highest BCUT2D eigenvalue weighted by molar-refractivity contribution is 5.50. The van der Waals surface area contributed by atoms with E-state index >= 15 is 0 Å². The molecule has 0 bridgehead atoms. The maximum atomic E-state index is 4.20. The van der Waals surface area contributed by atoms with Crippen LogP contribution in [0.15, 0.2) is 18.3 Å². The Morgan fingerprint density at radius 1 is 1.70 bits per heavy atom. The maximum Gasteiger partial charge on any atom is 0.129 e. The summed E-state index contributed by atoms with van der Waals surface area (Å²) in [5.74, 6) is 1.69. The van der Waals surface area contributed by atoms with Gasteiger partial charge in [0.1, 0.15) is 5.82 Å². The quantitative estimate of drug-likeness (QED) is 0.583. The lowest BCUT2D eigenvalue weighted by Gasteiger charge is -1.97. The molecule has 0 saturated carbocycles. The van der Waals surface area contributed by atoms with Gasteiger partial charge in [-0.3, -0.25) is 0 Å². The fraction of sp³-hybridized carbons (Fsp3) is 0.375. The number of hydrogen-bond acceptors (Lipinski definition) is 2. The van der Waals surface area contributed by atoms with Crippen LogP contribution in [0.3, 0.4) is 0 Å². The molecule has 0 radical (unpaired) electrons. The third-order valence-electron chi connectivity index (χ3n) is 1.95. The third kappa shape index (κ3) is 0.685. The van der Waals surface area contributed by atoms with Crippen molar-refractivity contribution in [3.63, 3.8) is 0 Å². The Morgan fingerprint density at radius 3 is 3.40 bits per heavy atom. The van der Waals surface area contributed by atoms with E-state index in [1.807, 2.05) is 12.3 Å². The summed E-state index contributed by atoms with van der Waals surface area (Å²) in [6, 6.07) is 4.12. The number of pyridine rings is 1. The largest absolute Gasteiger partial charge is 0.369 e. The molecule has 2 heteroatoms. The highest BCUT2D eigenvalue weighted by Crippen LogP contribution is 2.27. The van der Waals surface area contributed by atoms with Crippen LogP contribution >= 0.6 is 0 Å². The Labute approximate surface area is 60.3 Å². The van der Waals surface area contributed by atoms with Crippen LogP contribution in [-0.4, -0.2) is 11.5 Å². The van der Waals surface area contributed by atoms with Crippen molar-refractivity contribution in [1.29, 1.82) is 0 Å². The molecule has 0 aliphatic carbocycles. The molecule has 1 aliphatic rings. The van der Waals surface area contributed by atoms with Crippen molar-refractivity contribution < 1.29 is 0 Å². The summed E-state index contributed by atoms with van der Waals surface area (Å²) < 4.78 is 0. The van der Waals surface area contributed by atoms with Gasteiger partial charge in [0.05, 0.1) is 0 Å². The van der Waals surface area contributed by atoms with E-state index in [0.717, 1.165) is 12.4 Å².